The summed E-state index contributed by atoms with van der Waals surface area (Å²) in [7, 11) is 0. The smallest absolute Gasteiger partial charge is 0.260 e. The minimum atomic E-state index is -0.551. The predicted molar refractivity (Wildman–Crippen MR) is 120 cm³/mol. The first-order chi connectivity index (χ1) is 13.9. The van der Waals surface area contributed by atoms with Crippen LogP contribution in [0.1, 0.15) is 43.5 Å². The average molecular weight is 409 g/mol. The van der Waals surface area contributed by atoms with Gasteiger partial charge in [0.1, 0.15) is 10.8 Å². The summed E-state index contributed by atoms with van der Waals surface area (Å²) in [5, 5.41) is 6.02. The van der Waals surface area contributed by atoms with Crippen LogP contribution in [0.15, 0.2) is 53.9 Å². The Balaban J connectivity index is 1.52. The van der Waals surface area contributed by atoms with Gasteiger partial charge < -0.3 is 10.1 Å². The second-order valence-corrected chi connectivity index (χ2v) is 8.37. The van der Waals surface area contributed by atoms with E-state index in [1.54, 1.807) is 18.3 Å². The zero-order valence-electron chi connectivity index (χ0n) is 17.4. The van der Waals surface area contributed by atoms with Gasteiger partial charge in [0.25, 0.3) is 5.91 Å². The van der Waals surface area contributed by atoms with Gasteiger partial charge in [-0.3, -0.25) is 4.79 Å². The van der Waals surface area contributed by atoms with Gasteiger partial charge in [-0.05, 0) is 37.0 Å². The van der Waals surface area contributed by atoms with E-state index in [1.807, 2.05) is 31.2 Å². The van der Waals surface area contributed by atoms with Crippen molar-refractivity contribution in [3.8, 4) is 16.3 Å². The standard InChI is InChI=1S/C24H28N2O2S/c1-16(2)21-11-10-17(3)14-22(21)28-18(4)23(27)25-13-12-20-15-29-24(26-20)19-8-6-5-7-9-19/h5-11,14-16,18H,12-13H2,1-4H3,(H,25,27)/t18-/m0/s1. The highest BCUT2D eigenvalue weighted by Gasteiger charge is 2.17. The molecule has 152 valence electrons. The molecule has 0 aliphatic heterocycles. The number of aromatic nitrogens is 1. The minimum Gasteiger partial charge on any atom is -0.481 e. The molecule has 1 amide bonds. The Morgan fingerprint density at radius 2 is 1.90 bits per heavy atom. The second kappa shape index (κ2) is 9.70. The highest BCUT2D eigenvalue weighted by atomic mass is 32.1. The van der Waals surface area contributed by atoms with Gasteiger partial charge in [-0.2, -0.15) is 0 Å². The summed E-state index contributed by atoms with van der Waals surface area (Å²) < 4.78 is 5.99. The third kappa shape index (κ3) is 5.67. The Kier molecular flexibility index (Phi) is 7.04. The molecule has 0 saturated carbocycles. The van der Waals surface area contributed by atoms with E-state index in [9.17, 15) is 4.79 Å². The zero-order chi connectivity index (χ0) is 20.8. The van der Waals surface area contributed by atoms with Crippen LogP contribution in [0, 0.1) is 6.92 Å². The molecule has 0 saturated heterocycles. The first kappa shape index (κ1) is 21.1. The molecule has 0 bridgehead atoms. The lowest BCUT2D eigenvalue weighted by atomic mass is 10.0. The summed E-state index contributed by atoms with van der Waals surface area (Å²) in [6.07, 6.45) is 0.147. The maximum atomic E-state index is 12.5. The van der Waals surface area contributed by atoms with E-state index >= 15 is 0 Å². The molecule has 1 aromatic heterocycles. The lowest BCUT2D eigenvalue weighted by molar-refractivity contribution is -0.127. The maximum absolute atomic E-state index is 12.5. The van der Waals surface area contributed by atoms with Gasteiger partial charge in [0.2, 0.25) is 0 Å². The lowest BCUT2D eigenvalue weighted by Gasteiger charge is -2.19. The van der Waals surface area contributed by atoms with Crippen molar-refractivity contribution in [3.05, 3.63) is 70.7 Å². The average Bonchev–Trinajstić information content (AvgIpc) is 3.17. The quantitative estimate of drug-likeness (QED) is 0.545. The van der Waals surface area contributed by atoms with Crippen molar-refractivity contribution < 1.29 is 9.53 Å². The van der Waals surface area contributed by atoms with Crippen molar-refractivity contribution in [2.75, 3.05) is 6.54 Å². The Labute approximate surface area is 177 Å². The Bertz CT molecular complexity index is 951. The monoisotopic (exact) mass is 408 g/mol. The number of carbonyl (C=O) groups excluding carboxylic acids is 1. The summed E-state index contributed by atoms with van der Waals surface area (Å²) in [6.45, 7) is 8.60. The summed E-state index contributed by atoms with van der Waals surface area (Å²) >= 11 is 1.63. The molecule has 1 atom stereocenters. The van der Waals surface area contributed by atoms with Crippen LogP contribution in [0.3, 0.4) is 0 Å². The van der Waals surface area contributed by atoms with Crippen LogP contribution in [0.2, 0.25) is 0 Å². The first-order valence-electron chi connectivity index (χ1n) is 9.98. The molecule has 5 heteroatoms. The highest BCUT2D eigenvalue weighted by molar-refractivity contribution is 7.13. The van der Waals surface area contributed by atoms with Crippen LogP contribution in [0.25, 0.3) is 10.6 Å². The molecule has 0 aliphatic carbocycles. The Morgan fingerprint density at radius 3 is 2.62 bits per heavy atom. The third-order valence-electron chi connectivity index (χ3n) is 4.72. The molecule has 29 heavy (non-hydrogen) atoms. The number of nitrogens with zero attached hydrogens (tertiary/aromatic N) is 1. The number of aryl methyl sites for hydroxylation is 1. The Hall–Kier alpha value is -2.66. The SMILES string of the molecule is Cc1ccc(C(C)C)c(O[C@@H](C)C(=O)NCCc2csc(-c3ccccc3)n2)c1. The molecule has 0 radical (unpaired) electrons. The number of benzene rings is 2. The Morgan fingerprint density at radius 1 is 1.14 bits per heavy atom. The van der Waals surface area contributed by atoms with Crippen molar-refractivity contribution in [1.29, 1.82) is 0 Å². The molecule has 1 N–H and O–H groups in total. The van der Waals surface area contributed by atoms with Crippen LogP contribution in [0.5, 0.6) is 5.75 Å². The van der Waals surface area contributed by atoms with Crippen molar-refractivity contribution in [2.24, 2.45) is 0 Å². The zero-order valence-corrected chi connectivity index (χ0v) is 18.3. The fourth-order valence-electron chi connectivity index (χ4n) is 3.06. The molecule has 3 aromatic rings. The number of nitrogens with one attached hydrogen (secondary N) is 1. The van der Waals surface area contributed by atoms with Gasteiger partial charge in [0.05, 0.1) is 5.69 Å². The van der Waals surface area contributed by atoms with Gasteiger partial charge in [-0.1, -0.05) is 56.3 Å². The molecule has 0 spiro atoms. The second-order valence-electron chi connectivity index (χ2n) is 7.51. The molecule has 0 fully saturated rings. The predicted octanol–water partition coefficient (Wildman–Crippen LogP) is 5.37. The fraction of sp³-hybridized carbons (Fsp3) is 0.333. The maximum Gasteiger partial charge on any atom is 0.260 e. The molecular weight excluding hydrogens is 380 g/mol. The van der Waals surface area contributed by atoms with E-state index in [0.717, 1.165) is 33.1 Å². The molecule has 3 rings (SSSR count). The normalized spacial score (nSPS) is 12.0. The summed E-state index contributed by atoms with van der Waals surface area (Å²) in [5.41, 5.74) is 4.35. The molecule has 0 aliphatic rings. The van der Waals surface area contributed by atoms with E-state index in [-0.39, 0.29) is 5.91 Å². The molecule has 1 heterocycles. The summed E-state index contributed by atoms with van der Waals surface area (Å²) in [5.74, 6) is 1.01. The third-order valence-corrected chi connectivity index (χ3v) is 5.66. The largest absolute Gasteiger partial charge is 0.481 e. The van der Waals surface area contributed by atoms with Gasteiger partial charge in [-0.15, -0.1) is 11.3 Å². The van der Waals surface area contributed by atoms with Gasteiger partial charge in [-0.25, -0.2) is 4.98 Å². The molecule has 4 nitrogen and oxygen atoms in total. The number of ether oxygens (including phenoxy) is 1. The van der Waals surface area contributed by atoms with E-state index in [0.29, 0.717) is 18.9 Å². The van der Waals surface area contributed by atoms with Crippen molar-refractivity contribution >= 4 is 17.2 Å². The minimum absolute atomic E-state index is 0.111. The number of hydrogen-bond acceptors (Lipinski definition) is 4. The topological polar surface area (TPSA) is 51.2 Å². The van der Waals surface area contributed by atoms with E-state index in [2.05, 4.69) is 53.8 Å². The molecular formula is C24H28N2O2S. The molecule has 0 unspecified atom stereocenters. The highest BCUT2D eigenvalue weighted by Crippen LogP contribution is 2.28. The van der Waals surface area contributed by atoms with Crippen LogP contribution in [0.4, 0.5) is 0 Å². The number of thiazole rings is 1. The first-order valence-corrected chi connectivity index (χ1v) is 10.9. The summed E-state index contributed by atoms with van der Waals surface area (Å²) in [6, 6.07) is 16.3. The van der Waals surface area contributed by atoms with Gasteiger partial charge in [0.15, 0.2) is 6.10 Å². The molecule has 2 aromatic carbocycles. The van der Waals surface area contributed by atoms with Gasteiger partial charge >= 0.3 is 0 Å². The lowest BCUT2D eigenvalue weighted by Crippen LogP contribution is -2.37. The number of hydrogen-bond donors (Lipinski definition) is 1. The van der Waals surface area contributed by atoms with Crippen LogP contribution in [-0.4, -0.2) is 23.5 Å². The van der Waals surface area contributed by atoms with Crippen molar-refractivity contribution in [3.63, 3.8) is 0 Å². The van der Waals surface area contributed by atoms with E-state index in [4.69, 9.17) is 4.74 Å². The van der Waals surface area contributed by atoms with Crippen LogP contribution >= 0.6 is 11.3 Å². The van der Waals surface area contributed by atoms with E-state index in [1.165, 1.54) is 0 Å². The number of rotatable bonds is 8. The van der Waals surface area contributed by atoms with Crippen LogP contribution < -0.4 is 10.1 Å². The summed E-state index contributed by atoms with van der Waals surface area (Å²) in [4.78, 5) is 17.1. The van der Waals surface area contributed by atoms with E-state index < -0.39 is 6.10 Å². The fourth-order valence-corrected chi connectivity index (χ4v) is 3.92. The van der Waals surface area contributed by atoms with Gasteiger partial charge in [0, 0.05) is 23.9 Å². The number of amides is 1. The van der Waals surface area contributed by atoms with Crippen molar-refractivity contribution in [1.82, 2.24) is 10.3 Å². The van der Waals surface area contributed by atoms with Crippen molar-refractivity contribution in [2.45, 2.75) is 46.1 Å². The van der Waals surface area contributed by atoms with Crippen LogP contribution in [-0.2, 0) is 11.2 Å². The number of carbonyl (C=O) groups is 1.